The fourth-order valence-electron chi connectivity index (χ4n) is 4.63. The largest absolute Gasteiger partial charge is 0.230 e. The van der Waals surface area contributed by atoms with Crippen molar-refractivity contribution in [1.29, 1.82) is 0 Å². The maximum absolute atomic E-state index is 6.08. The van der Waals surface area contributed by atoms with Crippen molar-refractivity contribution in [1.82, 2.24) is 0 Å². The van der Waals surface area contributed by atoms with Crippen LogP contribution in [0.1, 0.15) is 90.5 Å². The smallest absolute Gasteiger partial charge is 0.0988 e. The number of hydrogen-bond donors (Lipinski definition) is 0. The molecule has 0 saturated heterocycles. The van der Waals surface area contributed by atoms with Crippen LogP contribution in [0.5, 0.6) is 0 Å². The predicted molar refractivity (Wildman–Crippen MR) is 128 cm³/mol. The van der Waals surface area contributed by atoms with Crippen LogP contribution in [0.25, 0.3) is 0 Å². The van der Waals surface area contributed by atoms with E-state index in [0.29, 0.717) is 0 Å². The Balaban J connectivity index is 2.02. The van der Waals surface area contributed by atoms with Crippen molar-refractivity contribution < 1.29 is 9.78 Å². The molecule has 0 aliphatic heterocycles. The minimum Gasteiger partial charge on any atom is -0.230 e. The van der Waals surface area contributed by atoms with Crippen LogP contribution in [-0.4, -0.2) is 11.2 Å². The first-order valence-electron chi connectivity index (χ1n) is 11.1. The molecule has 0 aliphatic carbocycles. The lowest BCUT2D eigenvalue weighted by Gasteiger charge is -2.39. The SMILES string of the molecule is Cc1ccc(C(C)(C)CC(C)(C)OOC(C)(C)CC(C)(C)c2ccc(C)cc2)cc1. The maximum Gasteiger partial charge on any atom is 0.0988 e. The first kappa shape index (κ1) is 24.6. The molecule has 0 radical (unpaired) electrons. The van der Waals surface area contributed by atoms with Crippen molar-refractivity contribution in [3.63, 3.8) is 0 Å². The van der Waals surface area contributed by atoms with Gasteiger partial charge in [-0.2, -0.15) is 0 Å². The predicted octanol–water partition coefficient (Wildman–Crippen LogP) is 7.84. The molecule has 0 aromatic heterocycles. The lowest BCUT2D eigenvalue weighted by Crippen LogP contribution is -2.40. The summed E-state index contributed by atoms with van der Waals surface area (Å²) < 4.78 is 0. The Morgan fingerprint density at radius 2 is 0.767 bits per heavy atom. The van der Waals surface area contributed by atoms with E-state index in [1.54, 1.807) is 0 Å². The van der Waals surface area contributed by atoms with Gasteiger partial charge in [-0.3, -0.25) is 0 Å². The summed E-state index contributed by atoms with van der Waals surface area (Å²) in [7, 11) is 0. The summed E-state index contributed by atoms with van der Waals surface area (Å²) in [5, 5.41) is 0. The highest BCUT2D eigenvalue weighted by atomic mass is 17.2. The van der Waals surface area contributed by atoms with E-state index in [1.807, 2.05) is 0 Å². The Kier molecular flexibility index (Phi) is 7.26. The van der Waals surface area contributed by atoms with Gasteiger partial charge in [0.25, 0.3) is 0 Å². The van der Waals surface area contributed by atoms with Crippen LogP contribution in [0, 0.1) is 13.8 Å². The van der Waals surface area contributed by atoms with Gasteiger partial charge in [0.2, 0.25) is 0 Å². The molecule has 0 saturated carbocycles. The van der Waals surface area contributed by atoms with Crippen molar-refractivity contribution in [3.05, 3.63) is 70.8 Å². The second-order valence-corrected chi connectivity index (χ2v) is 11.5. The molecular formula is C28H42O2. The molecule has 0 aliphatic rings. The Hall–Kier alpha value is -1.64. The molecule has 166 valence electrons. The number of aryl methyl sites for hydroxylation is 2. The van der Waals surface area contributed by atoms with E-state index < -0.39 is 11.2 Å². The van der Waals surface area contributed by atoms with E-state index in [4.69, 9.17) is 9.78 Å². The van der Waals surface area contributed by atoms with Crippen molar-refractivity contribution in [3.8, 4) is 0 Å². The highest BCUT2D eigenvalue weighted by Crippen LogP contribution is 2.37. The second-order valence-electron chi connectivity index (χ2n) is 11.5. The lowest BCUT2D eigenvalue weighted by atomic mass is 9.76. The minimum atomic E-state index is -0.403. The average Bonchev–Trinajstić information content (AvgIpc) is 2.59. The standard InChI is InChI=1S/C28H42O2/c1-21-11-15-23(16-12-21)25(3,4)19-27(7,8)29-30-28(9,10)20-26(5,6)24-17-13-22(2)14-18-24/h11-18H,19-20H2,1-10H3. The highest BCUT2D eigenvalue weighted by molar-refractivity contribution is 5.28. The summed E-state index contributed by atoms with van der Waals surface area (Å²) >= 11 is 0. The number of rotatable bonds is 9. The van der Waals surface area contributed by atoms with Crippen molar-refractivity contribution in [2.45, 2.75) is 104 Å². The van der Waals surface area contributed by atoms with Gasteiger partial charge in [-0.25, -0.2) is 9.78 Å². The normalized spacial score (nSPS) is 13.5. The summed E-state index contributed by atoms with van der Waals surface area (Å²) in [6, 6.07) is 17.6. The molecule has 0 bridgehead atoms. The van der Waals surface area contributed by atoms with Gasteiger partial charge in [-0.05, 0) is 76.3 Å². The van der Waals surface area contributed by atoms with Crippen LogP contribution in [0.2, 0.25) is 0 Å². The summed E-state index contributed by atoms with van der Waals surface area (Å²) in [5.74, 6) is 0. The number of hydrogen-bond acceptors (Lipinski definition) is 2. The molecule has 2 aromatic rings. The topological polar surface area (TPSA) is 18.5 Å². The molecular weight excluding hydrogens is 368 g/mol. The summed E-state index contributed by atoms with van der Waals surface area (Å²) in [5.41, 5.74) is 4.39. The maximum atomic E-state index is 6.08. The fraction of sp³-hybridized carbons (Fsp3) is 0.571. The summed E-state index contributed by atoms with van der Waals surface area (Å²) in [6.07, 6.45) is 1.72. The van der Waals surface area contributed by atoms with Gasteiger partial charge in [0.1, 0.15) is 0 Å². The van der Waals surface area contributed by atoms with Crippen LogP contribution < -0.4 is 0 Å². The monoisotopic (exact) mass is 410 g/mol. The molecule has 2 aromatic carbocycles. The Bertz CT molecular complexity index is 737. The quantitative estimate of drug-likeness (QED) is 0.309. The second kappa shape index (κ2) is 8.85. The molecule has 0 unspecified atom stereocenters. The zero-order chi connectivity index (χ0) is 22.8. The van der Waals surface area contributed by atoms with E-state index in [1.165, 1.54) is 22.3 Å². The van der Waals surface area contributed by atoms with Crippen LogP contribution in [0.15, 0.2) is 48.5 Å². The van der Waals surface area contributed by atoms with Gasteiger partial charge in [0.05, 0.1) is 11.2 Å². The van der Waals surface area contributed by atoms with E-state index in [-0.39, 0.29) is 10.8 Å². The molecule has 0 amide bonds. The molecule has 2 rings (SSSR count). The molecule has 0 spiro atoms. The van der Waals surface area contributed by atoms with Gasteiger partial charge in [-0.15, -0.1) is 0 Å². The summed E-state index contributed by atoms with van der Waals surface area (Å²) in [6.45, 7) is 21.8. The first-order valence-corrected chi connectivity index (χ1v) is 11.1. The highest BCUT2D eigenvalue weighted by Gasteiger charge is 2.36. The van der Waals surface area contributed by atoms with Crippen molar-refractivity contribution >= 4 is 0 Å². The van der Waals surface area contributed by atoms with E-state index in [9.17, 15) is 0 Å². The van der Waals surface area contributed by atoms with Gasteiger partial charge < -0.3 is 0 Å². The Morgan fingerprint density at radius 3 is 1.03 bits per heavy atom. The van der Waals surface area contributed by atoms with Gasteiger partial charge in [0, 0.05) is 0 Å². The average molecular weight is 411 g/mol. The van der Waals surface area contributed by atoms with Gasteiger partial charge >= 0.3 is 0 Å². The lowest BCUT2D eigenvalue weighted by molar-refractivity contribution is -0.405. The molecule has 0 fully saturated rings. The third-order valence-electron chi connectivity index (χ3n) is 5.89. The van der Waals surface area contributed by atoms with E-state index >= 15 is 0 Å². The first-order chi connectivity index (χ1) is 13.6. The van der Waals surface area contributed by atoms with Crippen LogP contribution >= 0.6 is 0 Å². The van der Waals surface area contributed by atoms with Crippen LogP contribution in [0.4, 0.5) is 0 Å². The molecule has 0 N–H and O–H groups in total. The molecule has 0 atom stereocenters. The molecule has 0 heterocycles. The van der Waals surface area contributed by atoms with E-state index in [2.05, 4.69) is 118 Å². The molecule has 2 heteroatoms. The fourth-order valence-corrected chi connectivity index (χ4v) is 4.63. The van der Waals surface area contributed by atoms with Gasteiger partial charge in [-0.1, -0.05) is 87.4 Å². The minimum absolute atomic E-state index is 0.00806. The number of benzene rings is 2. The Morgan fingerprint density at radius 1 is 0.500 bits per heavy atom. The van der Waals surface area contributed by atoms with Crippen LogP contribution in [0.3, 0.4) is 0 Å². The van der Waals surface area contributed by atoms with E-state index in [0.717, 1.165) is 12.8 Å². The summed E-state index contributed by atoms with van der Waals surface area (Å²) in [4.78, 5) is 12.2. The third kappa shape index (κ3) is 6.96. The molecule has 30 heavy (non-hydrogen) atoms. The zero-order valence-corrected chi connectivity index (χ0v) is 20.8. The van der Waals surface area contributed by atoms with Gasteiger partial charge in [0.15, 0.2) is 0 Å². The van der Waals surface area contributed by atoms with Crippen LogP contribution in [-0.2, 0) is 20.6 Å². The third-order valence-corrected chi connectivity index (χ3v) is 5.89. The Labute approximate surface area is 184 Å². The zero-order valence-electron chi connectivity index (χ0n) is 20.8. The van der Waals surface area contributed by atoms with Crippen molar-refractivity contribution in [2.24, 2.45) is 0 Å². The van der Waals surface area contributed by atoms with Crippen molar-refractivity contribution in [2.75, 3.05) is 0 Å². The molecule has 2 nitrogen and oxygen atoms in total.